The number of hydrazone groups is 1. The first-order valence-corrected chi connectivity index (χ1v) is 7.01. The monoisotopic (exact) mass is 320 g/mol. The van der Waals surface area contributed by atoms with Crippen LogP contribution in [0.2, 0.25) is 0 Å². The maximum Gasteiger partial charge on any atom is 0.329 e. The third kappa shape index (κ3) is 7.18. The van der Waals surface area contributed by atoms with Gasteiger partial charge in [-0.1, -0.05) is 12.1 Å². The maximum absolute atomic E-state index is 11.8. The molecule has 0 fully saturated rings. The van der Waals surface area contributed by atoms with Gasteiger partial charge in [-0.15, -0.1) is 0 Å². The summed E-state index contributed by atoms with van der Waals surface area (Å²) < 4.78 is 0. The number of aryl methyl sites for hydroxylation is 1. The number of hydrogen-bond donors (Lipinski definition) is 4. The van der Waals surface area contributed by atoms with Crippen molar-refractivity contribution >= 4 is 29.1 Å². The quantitative estimate of drug-likeness (QED) is 0.333. The number of nitrogens with one attached hydrogen (secondary N) is 3. The second-order valence-corrected chi connectivity index (χ2v) is 4.86. The molecule has 0 aromatic heterocycles. The predicted octanol–water partition coefficient (Wildman–Crippen LogP) is -0.0758. The number of carbonyl (C=O) groups excluding carboxylic acids is 3. The molecular weight excluding hydrogens is 300 g/mol. The van der Waals surface area contributed by atoms with Crippen molar-refractivity contribution < 1.29 is 19.5 Å². The fourth-order valence-corrected chi connectivity index (χ4v) is 1.65. The van der Waals surface area contributed by atoms with Gasteiger partial charge in [0.15, 0.2) is 0 Å². The van der Waals surface area contributed by atoms with Gasteiger partial charge >= 0.3 is 11.8 Å². The summed E-state index contributed by atoms with van der Waals surface area (Å²) in [5, 5.41) is 17.1. The lowest BCUT2D eigenvalue weighted by molar-refractivity contribution is -0.139. The molecule has 1 aromatic rings. The van der Waals surface area contributed by atoms with Crippen LogP contribution in [-0.4, -0.2) is 41.7 Å². The van der Waals surface area contributed by atoms with Gasteiger partial charge in [0.2, 0.25) is 5.91 Å². The number of aliphatic hydroxyl groups is 1. The Kier molecular flexibility index (Phi) is 7.41. The Morgan fingerprint density at radius 2 is 1.96 bits per heavy atom. The Hall–Kier alpha value is -2.74. The summed E-state index contributed by atoms with van der Waals surface area (Å²) in [7, 11) is 0. The second-order valence-electron chi connectivity index (χ2n) is 4.86. The molecule has 8 heteroatoms. The first kappa shape index (κ1) is 18.3. The molecule has 1 rings (SSSR count). The topological polar surface area (TPSA) is 120 Å². The number of carbonyl (C=O) groups is 3. The van der Waals surface area contributed by atoms with E-state index in [9.17, 15) is 14.4 Å². The Morgan fingerprint density at radius 3 is 2.61 bits per heavy atom. The average molecular weight is 320 g/mol. The minimum Gasteiger partial charge on any atom is -0.395 e. The third-order valence-electron chi connectivity index (χ3n) is 2.67. The molecule has 23 heavy (non-hydrogen) atoms. The lowest BCUT2D eigenvalue weighted by atomic mass is 10.2. The summed E-state index contributed by atoms with van der Waals surface area (Å²) >= 11 is 0. The summed E-state index contributed by atoms with van der Waals surface area (Å²) in [6, 6.07) is 7.35. The van der Waals surface area contributed by atoms with Gasteiger partial charge < -0.3 is 15.7 Å². The molecule has 0 atom stereocenters. The summed E-state index contributed by atoms with van der Waals surface area (Å²) in [5.74, 6) is -2.15. The molecule has 0 saturated heterocycles. The van der Waals surface area contributed by atoms with Crippen molar-refractivity contribution in [2.75, 3.05) is 18.5 Å². The van der Waals surface area contributed by atoms with Gasteiger partial charge in [0.1, 0.15) is 0 Å². The van der Waals surface area contributed by atoms with Crippen LogP contribution in [0.3, 0.4) is 0 Å². The van der Waals surface area contributed by atoms with E-state index in [0.29, 0.717) is 11.4 Å². The molecule has 0 bridgehead atoms. The lowest BCUT2D eigenvalue weighted by Crippen LogP contribution is -2.39. The normalized spacial score (nSPS) is 10.8. The molecule has 0 aliphatic heterocycles. The molecule has 0 radical (unpaired) electrons. The lowest BCUT2D eigenvalue weighted by Gasteiger charge is -2.06. The SMILES string of the molecule is C/C(CC(=O)Nc1cccc(C)c1)=N\NC(=O)C(=O)NCCO. The maximum atomic E-state index is 11.8. The van der Waals surface area contributed by atoms with Crippen LogP contribution < -0.4 is 16.1 Å². The number of aliphatic hydroxyl groups excluding tert-OH is 1. The summed E-state index contributed by atoms with van der Waals surface area (Å²) in [6.07, 6.45) is -0.0213. The highest BCUT2D eigenvalue weighted by molar-refractivity contribution is 6.35. The van der Waals surface area contributed by atoms with Crippen LogP contribution in [0, 0.1) is 6.92 Å². The van der Waals surface area contributed by atoms with E-state index in [1.165, 1.54) is 0 Å². The molecule has 124 valence electrons. The molecule has 3 amide bonds. The highest BCUT2D eigenvalue weighted by atomic mass is 16.3. The van der Waals surface area contributed by atoms with Crippen LogP contribution >= 0.6 is 0 Å². The van der Waals surface area contributed by atoms with Crippen molar-refractivity contribution in [3.8, 4) is 0 Å². The summed E-state index contributed by atoms with van der Waals surface area (Å²) in [5.41, 5.74) is 4.09. The zero-order chi connectivity index (χ0) is 17.2. The molecule has 0 spiro atoms. The molecule has 0 unspecified atom stereocenters. The van der Waals surface area contributed by atoms with E-state index in [-0.39, 0.29) is 25.5 Å². The first-order valence-electron chi connectivity index (χ1n) is 7.01. The van der Waals surface area contributed by atoms with Crippen molar-refractivity contribution in [3.05, 3.63) is 29.8 Å². The van der Waals surface area contributed by atoms with E-state index in [2.05, 4.69) is 15.7 Å². The van der Waals surface area contributed by atoms with Crippen molar-refractivity contribution in [2.45, 2.75) is 20.3 Å². The van der Waals surface area contributed by atoms with E-state index < -0.39 is 11.8 Å². The standard InChI is InChI=1S/C15H20N4O4/c1-10-4-3-5-12(8-10)17-13(21)9-11(2)18-19-15(23)14(22)16-6-7-20/h3-5,8,20H,6-7,9H2,1-2H3,(H,16,22)(H,17,21)(H,19,23)/b18-11+. The molecule has 0 aliphatic carbocycles. The molecule has 0 aliphatic rings. The van der Waals surface area contributed by atoms with Gasteiger partial charge in [0.05, 0.1) is 13.0 Å². The van der Waals surface area contributed by atoms with Crippen LogP contribution in [0.4, 0.5) is 5.69 Å². The Bertz CT molecular complexity index is 613. The number of nitrogens with zero attached hydrogens (tertiary/aromatic N) is 1. The molecule has 1 aromatic carbocycles. The molecule has 0 saturated carbocycles. The number of hydrogen-bond acceptors (Lipinski definition) is 5. The zero-order valence-corrected chi connectivity index (χ0v) is 13.0. The van der Waals surface area contributed by atoms with Gasteiger partial charge in [-0.05, 0) is 31.5 Å². The number of amides is 3. The number of rotatable bonds is 6. The van der Waals surface area contributed by atoms with E-state index in [1.54, 1.807) is 13.0 Å². The highest BCUT2D eigenvalue weighted by Crippen LogP contribution is 2.09. The first-order chi connectivity index (χ1) is 10.9. The molecule has 4 N–H and O–H groups in total. The highest BCUT2D eigenvalue weighted by Gasteiger charge is 2.12. The molecule has 0 heterocycles. The Balaban J connectivity index is 2.45. The van der Waals surface area contributed by atoms with E-state index >= 15 is 0 Å². The van der Waals surface area contributed by atoms with E-state index in [4.69, 9.17) is 5.11 Å². The number of benzene rings is 1. The van der Waals surface area contributed by atoms with Crippen LogP contribution in [0.15, 0.2) is 29.4 Å². The Labute approximate surface area is 134 Å². The fraction of sp³-hybridized carbons (Fsp3) is 0.333. The molecular formula is C15H20N4O4. The summed E-state index contributed by atoms with van der Waals surface area (Å²) in [6.45, 7) is 3.19. The van der Waals surface area contributed by atoms with Crippen LogP contribution in [0.1, 0.15) is 18.9 Å². The minimum atomic E-state index is -0.961. The minimum absolute atomic E-state index is 0.0200. The second kappa shape index (κ2) is 9.31. The van der Waals surface area contributed by atoms with Gasteiger partial charge in [-0.3, -0.25) is 14.4 Å². The Morgan fingerprint density at radius 1 is 1.22 bits per heavy atom. The van der Waals surface area contributed by atoms with Crippen molar-refractivity contribution in [2.24, 2.45) is 5.10 Å². The predicted molar refractivity (Wildman–Crippen MR) is 85.8 cm³/mol. The van der Waals surface area contributed by atoms with Gasteiger partial charge in [-0.2, -0.15) is 5.10 Å². The van der Waals surface area contributed by atoms with Gasteiger partial charge in [0, 0.05) is 17.9 Å². The smallest absolute Gasteiger partial charge is 0.329 e. The van der Waals surface area contributed by atoms with Crippen LogP contribution in [-0.2, 0) is 14.4 Å². The zero-order valence-electron chi connectivity index (χ0n) is 13.0. The number of anilines is 1. The van der Waals surface area contributed by atoms with Crippen molar-refractivity contribution in [1.29, 1.82) is 0 Å². The van der Waals surface area contributed by atoms with Crippen molar-refractivity contribution in [1.82, 2.24) is 10.7 Å². The van der Waals surface area contributed by atoms with Crippen molar-refractivity contribution in [3.63, 3.8) is 0 Å². The van der Waals surface area contributed by atoms with E-state index in [1.807, 2.05) is 30.5 Å². The van der Waals surface area contributed by atoms with Crippen LogP contribution in [0.25, 0.3) is 0 Å². The van der Waals surface area contributed by atoms with Crippen LogP contribution in [0.5, 0.6) is 0 Å². The largest absolute Gasteiger partial charge is 0.395 e. The average Bonchev–Trinajstić information content (AvgIpc) is 2.50. The third-order valence-corrected chi connectivity index (χ3v) is 2.67. The van der Waals surface area contributed by atoms with Gasteiger partial charge in [0.25, 0.3) is 0 Å². The summed E-state index contributed by atoms with van der Waals surface area (Å²) in [4.78, 5) is 34.4. The fourth-order valence-electron chi connectivity index (χ4n) is 1.65. The molecule has 8 nitrogen and oxygen atoms in total. The van der Waals surface area contributed by atoms with E-state index in [0.717, 1.165) is 5.56 Å². The van der Waals surface area contributed by atoms with Gasteiger partial charge in [-0.25, -0.2) is 5.43 Å².